The summed E-state index contributed by atoms with van der Waals surface area (Å²) >= 11 is 0. The molecular formula is C14H21BO2. The molecule has 0 N–H and O–H groups in total. The van der Waals surface area contributed by atoms with E-state index in [1.165, 1.54) is 19.3 Å². The van der Waals surface area contributed by atoms with Crippen LogP contribution in [0.15, 0.2) is 30.3 Å². The Morgan fingerprint density at radius 3 is 2.59 bits per heavy atom. The van der Waals surface area contributed by atoms with Gasteiger partial charge in [0, 0.05) is 0 Å². The third-order valence-electron chi connectivity index (χ3n) is 3.32. The monoisotopic (exact) mass is 232 g/mol. The molecule has 1 aromatic rings. The van der Waals surface area contributed by atoms with Crippen LogP contribution in [0.4, 0.5) is 0 Å². The molecule has 2 rings (SSSR count). The van der Waals surface area contributed by atoms with E-state index in [1.807, 2.05) is 18.2 Å². The van der Waals surface area contributed by atoms with Crippen molar-refractivity contribution in [3.8, 4) is 0 Å². The van der Waals surface area contributed by atoms with E-state index < -0.39 is 0 Å². The van der Waals surface area contributed by atoms with Gasteiger partial charge in [-0.2, -0.15) is 0 Å². The molecule has 2 atom stereocenters. The minimum absolute atomic E-state index is 0.169. The van der Waals surface area contributed by atoms with Crippen molar-refractivity contribution in [2.75, 3.05) is 0 Å². The summed E-state index contributed by atoms with van der Waals surface area (Å²) in [4.78, 5) is 0. The van der Waals surface area contributed by atoms with Crippen LogP contribution in [0, 0.1) is 0 Å². The zero-order chi connectivity index (χ0) is 12.1. The van der Waals surface area contributed by atoms with Crippen LogP contribution in [0.2, 0.25) is 0 Å². The van der Waals surface area contributed by atoms with Crippen molar-refractivity contribution in [2.24, 2.45) is 0 Å². The van der Waals surface area contributed by atoms with Gasteiger partial charge in [0.2, 0.25) is 0 Å². The summed E-state index contributed by atoms with van der Waals surface area (Å²) in [5.74, 6) is 0. The van der Waals surface area contributed by atoms with Gasteiger partial charge in [0.05, 0.1) is 12.2 Å². The van der Waals surface area contributed by atoms with Crippen LogP contribution in [0.5, 0.6) is 0 Å². The van der Waals surface area contributed by atoms with Crippen molar-refractivity contribution in [3.63, 3.8) is 0 Å². The van der Waals surface area contributed by atoms with E-state index in [0.717, 1.165) is 11.9 Å². The summed E-state index contributed by atoms with van der Waals surface area (Å²) in [6.07, 6.45) is 5.34. The average molecular weight is 232 g/mol. The molecule has 0 aliphatic carbocycles. The van der Waals surface area contributed by atoms with Gasteiger partial charge in [-0.25, -0.2) is 0 Å². The maximum atomic E-state index is 5.98. The molecule has 17 heavy (non-hydrogen) atoms. The highest BCUT2D eigenvalue weighted by molar-refractivity contribution is 6.61. The lowest BCUT2D eigenvalue weighted by Gasteiger charge is -2.13. The van der Waals surface area contributed by atoms with Crippen LogP contribution in [0.25, 0.3) is 0 Å². The number of hydrogen-bond donors (Lipinski definition) is 0. The van der Waals surface area contributed by atoms with E-state index in [1.54, 1.807) is 0 Å². The summed E-state index contributed by atoms with van der Waals surface area (Å²) in [5.41, 5.74) is 1.12. The maximum Gasteiger partial charge on any atom is 0.494 e. The Labute approximate surface area is 104 Å². The first kappa shape index (κ1) is 12.7. The fraction of sp³-hybridized carbons (Fsp3) is 0.571. The van der Waals surface area contributed by atoms with Crippen LogP contribution in [0.1, 0.15) is 39.5 Å². The third-order valence-corrected chi connectivity index (χ3v) is 3.32. The first-order valence-corrected chi connectivity index (χ1v) is 6.67. The normalized spacial score (nSPS) is 24.2. The average Bonchev–Trinajstić information content (AvgIpc) is 2.73. The predicted octanol–water partition coefficient (Wildman–Crippen LogP) is 2.77. The van der Waals surface area contributed by atoms with Crippen LogP contribution >= 0.6 is 0 Å². The second-order valence-electron chi connectivity index (χ2n) is 4.75. The molecule has 0 unspecified atom stereocenters. The molecule has 0 saturated carbocycles. The van der Waals surface area contributed by atoms with Crippen LogP contribution < -0.4 is 5.46 Å². The molecule has 1 aliphatic heterocycles. The Kier molecular flexibility index (Phi) is 4.63. The van der Waals surface area contributed by atoms with Gasteiger partial charge in [0.25, 0.3) is 0 Å². The van der Waals surface area contributed by atoms with Gasteiger partial charge >= 0.3 is 7.12 Å². The van der Waals surface area contributed by atoms with Crippen molar-refractivity contribution in [3.05, 3.63) is 30.3 Å². The molecule has 2 nitrogen and oxygen atoms in total. The van der Waals surface area contributed by atoms with E-state index in [2.05, 4.69) is 26.0 Å². The quantitative estimate of drug-likeness (QED) is 0.574. The number of benzene rings is 1. The van der Waals surface area contributed by atoms with Crippen molar-refractivity contribution in [2.45, 2.75) is 51.7 Å². The summed E-state index contributed by atoms with van der Waals surface area (Å²) in [6.45, 7) is 4.34. The molecule has 92 valence electrons. The summed E-state index contributed by atoms with van der Waals surface area (Å²) in [7, 11) is -0.169. The molecule has 1 heterocycles. The van der Waals surface area contributed by atoms with Gasteiger partial charge < -0.3 is 9.31 Å². The predicted molar refractivity (Wildman–Crippen MR) is 71.4 cm³/mol. The van der Waals surface area contributed by atoms with E-state index >= 15 is 0 Å². The molecule has 1 saturated heterocycles. The Morgan fingerprint density at radius 1 is 1.12 bits per heavy atom. The topological polar surface area (TPSA) is 18.5 Å². The molecule has 1 aromatic carbocycles. The van der Waals surface area contributed by atoms with Crippen molar-refractivity contribution >= 4 is 12.6 Å². The molecule has 0 amide bonds. The molecule has 0 aromatic heterocycles. The van der Waals surface area contributed by atoms with Crippen LogP contribution in [-0.2, 0) is 9.31 Å². The lowest BCUT2D eigenvalue weighted by molar-refractivity contribution is 0.158. The number of hydrogen-bond acceptors (Lipinski definition) is 2. The van der Waals surface area contributed by atoms with Crippen LogP contribution in [-0.4, -0.2) is 19.3 Å². The van der Waals surface area contributed by atoms with Crippen molar-refractivity contribution in [1.82, 2.24) is 0 Å². The molecule has 0 spiro atoms. The van der Waals surface area contributed by atoms with Gasteiger partial charge in [-0.3, -0.25) is 0 Å². The molecule has 1 fully saturated rings. The van der Waals surface area contributed by atoms with E-state index in [4.69, 9.17) is 9.31 Å². The first-order chi connectivity index (χ1) is 8.31. The first-order valence-electron chi connectivity index (χ1n) is 6.67. The van der Waals surface area contributed by atoms with Gasteiger partial charge in [-0.1, -0.05) is 56.5 Å². The highest BCUT2D eigenvalue weighted by Crippen LogP contribution is 2.21. The fourth-order valence-corrected chi connectivity index (χ4v) is 2.25. The van der Waals surface area contributed by atoms with E-state index in [-0.39, 0.29) is 19.3 Å². The highest BCUT2D eigenvalue weighted by atomic mass is 16.7. The SMILES string of the molecule is CCCCC[C@@H]1OB(c2ccccc2)O[C@H]1C. The lowest BCUT2D eigenvalue weighted by atomic mass is 9.79. The number of unbranched alkanes of at least 4 members (excludes halogenated alkanes) is 2. The Morgan fingerprint density at radius 2 is 1.88 bits per heavy atom. The molecule has 0 bridgehead atoms. The Bertz CT molecular complexity index is 328. The number of rotatable bonds is 5. The zero-order valence-electron chi connectivity index (χ0n) is 10.8. The largest absolute Gasteiger partial charge is 0.494 e. The molecule has 0 radical (unpaired) electrons. The Hall–Kier alpha value is -0.795. The third kappa shape index (κ3) is 3.33. The molecule has 3 heteroatoms. The van der Waals surface area contributed by atoms with E-state index in [0.29, 0.717) is 0 Å². The summed E-state index contributed by atoms with van der Waals surface area (Å²) in [5, 5.41) is 0. The van der Waals surface area contributed by atoms with Gasteiger partial charge in [0.15, 0.2) is 0 Å². The second kappa shape index (κ2) is 6.22. The van der Waals surface area contributed by atoms with E-state index in [9.17, 15) is 0 Å². The minimum Gasteiger partial charge on any atom is -0.402 e. The fourth-order valence-electron chi connectivity index (χ4n) is 2.25. The minimum atomic E-state index is -0.169. The second-order valence-corrected chi connectivity index (χ2v) is 4.75. The van der Waals surface area contributed by atoms with Gasteiger partial charge in [0.1, 0.15) is 0 Å². The molecular weight excluding hydrogens is 211 g/mol. The Balaban J connectivity index is 1.88. The van der Waals surface area contributed by atoms with Gasteiger partial charge in [-0.05, 0) is 18.8 Å². The van der Waals surface area contributed by atoms with Gasteiger partial charge in [-0.15, -0.1) is 0 Å². The summed E-state index contributed by atoms with van der Waals surface area (Å²) < 4.78 is 11.9. The van der Waals surface area contributed by atoms with Crippen molar-refractivity contribution < 1.29 is 9.31 Å². The van der Waals surface area contributed by atoms with Crippen molar-refractivity contribution in [1.29, 1.82) is 0 Å². The highest BCUT2D eigenvalue weighted by Gasteiger charge is 2.37. The standard InChI is InChI=1S/C14H21BO2/c1-3-4-6-11-14-12(2)16-15(17-14)13-9-7-5-8-10-13/h5,7-10,12,14H,3-4,6,11H2,1-2H3/t12-,14-/m0/s1. The van der Waals surface area contributed by atoms with Crippen LogP contribution in [0.3, 0.4) is 0 Å². The maximum absolute atomic E-state index is 5.98. The smallest absolute Gasteiger partial charge is 0.402 e. The summed E-state index contributed by atoms with van der Waals surface area (Å²) in [6, 6.07) is 10.2. The zero-order valence-corrected chi connectivity index (χ0v) is 10.8. The molecule has 1 aliphatic rings. The lowest BCUT2D eigenvalue weighted by Crippen LogP contribution is -2.32.